The number of nitrogens with zero attached hydrogens (tertiary/aromatic N) is 2. The summed E-state index contributed by atoms with van der Waals surface area (Å²) in [4.78, 5) is 15.0. The van der Waals surface area contributed by atoms with Crippen LogP contribution in [0, 0.1) is 0 Å². The van der Waals surface area contributed by atoms with Crippen LogP contribution in [0.1, 0.15) is 30.4 Å². The molecule has 4 rings (SSSR count). The van der Waals surface area contributed by atoms with E-state index >= 15 is 0 Å². The van der Waals surface area contributed by atoms with Gasteiger partial charge in [-0.25, -0.2) is 8.42 Å². The van der Waals surface area contributed by atoms with Gasteiger partial charge in [0, 0.05) is 19.2 Å². The number of nitrogens with one attached hydrogen (secondary N) is 1. The number of sulfonamides is 1. The number of ether oxygens (including phenoxy) is 2. The number of hydrogen-bond donors (Lipinski definition) is 1. The van der Waals surface area contributed by atoms with Gasteiger partial charge in [-0.15, -0.1) is 0 Å². The Balaban J connectivity index is 1.33. The Morgan fingerprint density at radius 1 is 1.00 bits per heavy atom. The summed E-state index contributed by atoms with van der Waals surface area (Å²) < 4.78 is 36.3. The molecule has 0 spiro atoms. The van der Waals surface area contributed by atoms with Crippen molar-refractivity contribution in [2.24, 2.45) is 0 Å². The highest BCUT2D eigenvalue weighted by Crippen LogP contribution is 2.36. The number of carbonyl (C=O) groups excluding carboxylic acids is 1. The van der Waals surface area contributed by atoms with Gasteiger partial charge in [-0.05, 0) is 49.2 Å². The highest BCUT2D eigenvalue weighted by atomic mass is 32.2. The number of hydrogen-bond acceptors (Lipinski definition) is 6. The van der Waals surface area contributed by atoms with Crippen LogP contribution < -0.4 is 19.1 Å². The molecule has 172 valence electrons. The maximum Gasteiger partial charge on any atom is 0.241 e. The highest BCUT2D eigenvalue weighted by Gasteiger charge is 2.23. The fourth-order valence-corrected chi connectivity index (χ4v) is 4.81. The van der Waals surface area contributed by atoms with Crippen molar-refractivity contribution < 1.29 is 22.7 Å². The second-order valence-corrected chi connectivity index (χ2v) is 10.1. The van der Waals surface area contributed by atoms with Crippen molar-refractivity contribution in [2.45, 2.75) is 32.4 Å². The molecule has 1 saturated heterocycles. The van der Waals surface area contributed by atoms with Gasteiger partial charge in [0.15, 0.2) is 11.5 Å². The third kappa shape index (κ3) is 5.72. The maximum atomic E-state index is 12.5. The molecular formula is C23H29N3O5S. The molecule has 1 fully saturated rings. The lowest BCUT2D eigenvalue weighted by Gasteiger charge is -2.26. The van der Waals surface area contributed by atoms with Crippen LogP contribution in [0.25, 0.3) is 0 Å². The fraction of sp³-hybridized carbons (Fsp3) is 0.435. The number of piperidine rings is 1. The van der Waals surface area contributed by atoms with Gasteiger partial charge in [0.1, 0.15) is 6.54 Å². The smallest absolute Gasteiger partial charge is 0.241 e. The summed E-state index contributed by atoms with van der Waals surface area (Å²) in [5, 5.41) is 2.81. The Bertz CT molecular complexity index is 1050. The molecule has 1 amide bonds. The summed E-state index contributed by atoms with van der Waals surface area (Å²) in [7, 11) is -3.66. The number of benzene rings is 2. The minimum absolute atomic E-state index is 0.0922. The molecule has 2 aromatic carbocycles. The summed E-state index contributed by atoms with van der Waals surface area (Å²) in [6, 6.07) is 13.0. The molecule has 2 aliphatic rings. The zero-order valence-corrected chi connectivity index (χ0v) is 19.1. The van der Waals surface area contributed by atoms with Gasteiger partial charge < -0.3 is 14.8 Å². The normalized spacial score (nSPS) is 16.0. The van der Waals surface area contributed by atoms with Gasteiger partial charge in [-0.2, -0.15) is 0 Å². The molecule has 0 saturated carbocycles. The number of fused-ring (bicyclic) bond motifs is 1. The lowest BCUT2D eigenvalue weighted by atomic mass is 10.1. The Morgan fingerprint density at radius 3 is 2.41 bits per heavy atom. The van der Waals surface area contributed by atoms with E-state index in [1.54, 1.807) is 18.2 Å². The second-order valence-electron chi connectivity index (χ2n) is 8.24. The summed E-state index contributed by atoms with van der Waals surface area (Å²) in [6.07, 6.45) is 4.92. The van der Waals surface area contributed by atoms with Crippen molar-refractivity contribution in [2.75, 3.05) is 37.0 Å². The predicted octanol–water partition coefficient (Wildman–Crippen LogP) is 2.48. The van der Waals surface area contributed by atoms with Crippen molar-refractivity contribution in [1.29, 1.82) is 0 Å². The third-order valence-corrected chi connectivity index (χ3v) is 6.84. The first-order valence-corrected chi connectivity index (χ1v) is 12.7. The number of anilines is 1. The molecule has 1 N–H and O–H groups in total. The zero-order chi connectivity index (χ0) is 22.6. The van der Waals surface area contributed by atoms with E-state index in [1.807, 2.05) is 12.1 Å². The molecule has 9 heteroatoms. The van der Waals surface area contributed by atoms with Gasteiger partial charge in [0.25, 0.3) is 0 Å². The van der Waals surface area contributed by atoms with Crippen LogP contribution in [0.5, 0.6) is 11.5 Å². The van der Waals surface area contributed by atoms with E-state index in [-0.39, 0.29) is 19.2 Å². The van der Waals surface area contributed by atoms with E-state index in [0.717, 1.165) is 35.8 Å². The lowest BCUT2D eigenvalue weighted by Crippen LogP contribution is -2.40. The van der Waals surface area contributed by atoms with Gasteiger partial charge in [0.05, 0.1) is 11.9 Å². The molecule has 0 aromatic heterocycles. The van der Waals surface area contributed by atoms with Crippen LogP contribution >= 0.6 is 0 Å². The summed E-state index contributed by atoms with van der Waals surface area (Å²) >= 11 is 0. The summed E-state index contributed by atoms with van der Waals surface area (Å²) in [5.41, 5.74) is 2.58. The Labute approximate surface area is 189 Å². The van der Waals surface area contributed by atoms with E-state index in [9.17, 15) is 13.2 Å². The van der Waals surface area contributed by atoms with Crippen molar-refractivity contribution in [3.05, 3.63) is 53.6 Å². The molecule has 0 atom stereocenters. The molecule has 2 aliphatic heterocycles. The van der Waals surface area contributed by atoms with Gasteiger partial charge in [0.2, 0.25) is 22.7 Å². The van der Waals surface area contributed by atoms with Gasteiger partial charge in [-0.1, -0.05) is 30.7 Å². The van der Waals surface area contributed by atoms with E-state index in [1.165, 1.54) is 24.8 Å². The third-order valence-electron chi connectivity index (χ3n) is 5.70. The van der Waals surface area contributed by atoms with E-state index in [2.05, 4.69) is 22.3 Å². The van der Waals surface area contributed by atoms with Gasteiger partial charge in [-0.3, -0.25) is 14.0 Å². The van der Waals surface area contributed by atoms with Crippen LogP contribution in [-0.4, -0.2) is 51.9 Å². The molecular weight excluding hydrogens is 430 g/mol. The Hall–Kier alpha value is -2.78. The molecule has 2 aromatic rings. The quantitative estimate of drug-likeness (QED) is 0.653. The molecule has 8 nitrogen and oxygen atoms in total. The fourth-order valence-electron chi connectivity index (χ4n) is 3.97. The first-order chi connectivity index (χ1) is 15.4. The molecule has 0 aliphatic carbocycles. The van der Waals surface area contributed by atoms with Crippen molar-refractivity contribution >= 4 is 21.6 Å². The van der Waals surface area contributed by atoms with Crippen molar-refractivity contribution in [3.8, 4) is 11.5 Å². The van der Waals surface area contributed by atoms with Crippen LogP contribution in [0.2, 0.25) is 0 Å². The number of rotatable bonds is 8. The Morgan fingerprint density at radius 2 is 1.69 bits per heavy atom. The minimum atomic E-state index is -3.66. The summed E-state index contributed by atoms with van der Waals surface area (Å²) in [6.45, 7) is 3.36. The highest BCUT2D eigenvalue weighted by molar-refractivity contribution is 7.92. The number of carbonyl (C=O) groups is 1. The first kappa shape index (κ1) is 22.4. The first-order valence-electron chi connectivity index (χ1n) is 10.8. The summed E-state index contributed by atoms with van der Waals surface area (Å²) in [5.74, 6) is 0.627. The SMILES string of the molecule is CS(=O)(=O)N(CC(=O)NCc1ccc(CN2CCCCC2)cc1)c1ccc2c(c1)OCO2. The molecule has 32 heavy (non-hydrogen) atoms. The second kappa shape index (κ2) is 9.79. The van der Waals surface area contributed by atoms with E-state index in [4.69, 9.17) is 9.47 Å². The van der Waals surface area contributed by atoms with Gasteiger partial charge >= 0.3 is 0 Å². The largest absolute Gasteiger partial charge is 0.454 e. The van der Waals surface area contributed by atoms with Crippen LogP contribution in [0.15, 0.2) is 42.5 Å². The maximum absolute atomic E-state index is 12.5. The van der Waals surface area contributed by atoms with Crippen molar-refractivity contribution in [3.63, 3.8) is 0 Å². The molecule has 0 radical (unpaired) electrons. The van der Waals surface area contributed by atoms with Crippen LogP contribution in [0.4, 0.5) is 5.69 Å². The topological polar surface area (TPSA) is 88.2 Å². The van der Waals surface area contributed by atoms with Crippen LogP contribution in [0.3, 0.4) is 0 Å². The Kier molecular flexibility index (Phi) is 6.86. The van der Waals surface area contributed by atoms with E-state index < -0.39 is 10.0 Å². The molecule has 2 heterocycles. The minimum Gasteiger partial charge on any atom is -0.454 e. The number of amides is 1. The average Bonchev–Trinajstić information content (AvgIpc) is 3.25. The predicted molar refractivity (Wildman–Crippen MR) is 122 cm³/mol. The standard InChI is InChI=1S/C23H29N3O5S/c1-32(28,29)26(20-9-10-21-22(13-20)31-17-30-21)16-23(27)24-14-18-5-7-19(8-6-18)15-25-11-3-2-4-12-25/h5-10,13H,2-4,11-12,14-17H2,1H3,(H,24,27). The lowest BCUT2D eigenvalue weighted by molar-refractivity contribution is -0.119. The van der Waals surface area contributed by atoms with Crippen molar-refractivity contribution in [1.82, 2.24) is 10.2 Å². The monoisotopic (exact) mass is 459 g/mol. The van der Waals surface area contributed by atoms with Crippen LogP contribution in [-0.2, 0) is 27.9 Å². The van der Waals surface area contributed by atoms with E-state index in [0.29, 0.717) is 23.7 Å². The molecule has 0 unspecified atom stereocenters. The number of likely N-dealkylation sites (tertiary alicyclic amines) is 1. The average molecular weight is 460 g/mol. The zero-order valence-electron chi connectivity index (χ0n) is 18.2. The molecule has 0 bridgehead atoms.